The molecule has 1 heterocycles. The number of thioether (sulfide) groups is 1. The molecule has 0 fully saturated rings. The van der Waals surface area contributed by atoms with Gasteiger partial charge in [0.1, 0.15) is 0 Å². The summed E-state index contributed by atoms with van der Waals surface area (Å²) in [5, 5.41) is 13.3. The zero-order valence-corrected chi connectivity index (χ0v) is 17.6. The lowest BCUT2D eigenvalue weighted by Crippen LogP contribution is -2.14. The van der Waals surface area contributed by atoms with E-state index < -0.39 is 0 Å². The van der Waals surface area contributed by atoms with E-state index in [1.165, 1.54) is 11.8 Å². The fourth-order valence-electron chi connectivity index (χ4n) is 2.43. The summed E-state index contributed by atoms with van der Waals surface area (Å²) in [6.07, 6.45) is 1.74. The SMILES string of the molecule is C=CCn1c(SCC(=O)Nc2cccc(Cl)c2)nnc1-c1ccc(Cl)c(Cl)c1. The van der Waals surface area contributed by atoms with Crippen LogP contribution >= 0.6 is 46.6 Å². The van der Waals surface area contributed by atoms with Gasteiger partial charge in [-0.15, -0.1) is 16.8 Å². The van der Waals surface area contributed by atoms with Gasteiger partial charge in [-0.25, -0.2) is 0 Å². The third-order valence-electron chi connectivity index (χ3n) is 3.65. The van der Waals surface area contributed by atoms with Crippen molar-refractivity contribution >= 4 is 58.2 Å². The van der Waals surface area contributed by atoms with Crippen molar-refractivity contribution in [1.29, 1.82) is 0 Å². The normalized spacial score (nSPS) is 10.7. The highest BCUT2D eigenvalue weighted by molar-refractivity contribution is 7.99. The van der Waals surface area contributed by atoms with Crippen LogP contribution in [0.1, 0.15) is 0 Å². The maximum absolute atomic E-state index is 12.2. The molecule has 0 aliphatic heterocycles. The van der Waals surface area contributed by atoms with Gasteiger partial charge in [0.15, 0.2) is 11.0 Å². The molecule has 0 atom stereocenters. The second-order valence-electron chi connectivity index (χ2n) is 5.68. The molecule has 0 saturated heterocycles. The summed E-state index contributed by atoms with van der Waals surface area (Å²) in [5.41, 5.74) is 1.42. The van der Waals surface area contributed by atoms with Crippen LogP contribution in [0.3, 0.4) is 0 Å². The Hall–Kier alpha value is -1.99. The molecule has 2 aromatic carbocycles. The van der Waals surface area contributed by atoms with Crippen LogP contribution in [0.25, 0.3) is 11.4 Å². The van der Waals surface area contributed by atoms with Crippen LogP contribution in [0.5, 0.6) is 0 Å². The summed E-state index contributed by atoms with van der Waals surface area (Å²) in [5.74, 6) is 0.621. The Balaban J connectivity index is 1.75. The maximum atomic E-state index is 12.2. The molecule has 1 N–H and O–H groups in total. The largest absolute Gasteiger partial charge is 0.325 e. The number of carbonyl (C=O) groups is 1. The maximum Gasteiger partial charge on any atom is 0.234 e. The lowest BCUT2D eigenvalue weighted by atomic mass is 10.2. The predicted molar refractivity (Wildman–Crippen MR) is 116 cm³/mol. The summed E-state index contributed by atoms with van der Waals surface area (Å²) in [6.45, 7) is 4.26. The highest BCUT2D eigenvalue weighted by atomic mass is 35.5. The highest BCUT2D eigenvalue weighted by Gasteiger charge is 2.16. The first-order chi connectivity index (χ1) is 13.5. The quantitative estimate of drug-likeness (QED) is 0.361. The zero-order valence-electron chi connectivity index (χ0n) is 14.5. The lowest BCUT2D eigenvalue weighted by Gasteiger charge is -2.09. The Kier molecular flexibility index (Phi) is 7.02. The Morgan fingerprint density at radius 2 is 1.96 bits per heavy atom. The number of aromatic nitrogens is 3. The monoisotopic (exact) mass is 452 g/mol. The summed E-state index contributed by atoms with van der Waals surface area (Å²) < 4.78 is 1.86. The van der Waals surface area contributed by atoms with Crippen molar-refractivity contribution in [3.63, 3.8) is 0 Å². The molecule has 9 heteroatoms. The average molecular weight is 454 g/mol. The molecule has 0 saturated carbocycles. The molecule has 1 amide bonds. The van der Waals surface area contributed by atoms with E-state index in [2.05, 4.69) is 22.1 Å². The third-order valence-corrected chi connectivity index (χ3v) is 5.59. The van der Waals surface area contributed by atoms with Gasteiger partial charge in [-0.05, 0) is 36.4 Å². The van der Waals surface area contributed by atoms with Crippen LogP contribution < -0.4 is 5.32 Å². The number of nitrogens with one attached hydrogen (secondary N) is 1. The van der Waals surface area contributed by atoms with E-state index in [9.17, 15) is 4.79 Å². The van der Waals surface area contributed by atoms with Crippen LogP contribution in [0.15, 0.2) is 60.3 Å². The molecule has 1 aromatic heterocycles. The molecule has 5 nitrogen and oxygen atoms in total. The number of amides is 1. The van der Waals surface area contributed by atoms with E-state index in [1.54, 1.807) is 42.5 Å². The number of allylic oxidation sites excluding steroid dienone is 1. The molecule has 0 aliphatic rings. The highest BCUT2D eigenvalue weighted by Crippen LogP contribution is 2.29. The Bertz CT molecular complexity index is 1020. The predicted octanol–water partition coefficient (Wildman–Crippen LogP) is 5.82. The molecule has 0 unspecified atom stereocenters. The first kappa shape index (κ1) is 20.7. The number of rotatable bonds is 7. The number of carbonyl (C=O) groups excluding carboxylic acids is 1. The average Bonchev–Trinajstić information content (AvgIpc) is 3.05. The van der Waals surface area contributed by atoms with Crippen LogP contribution in [0, 0.1) is 0 Å². The third kappa shape index (κ3) is 5.08. The second kappa shape index (κ2) is 9.47. The standard InChI is InChI=1S/C19H15Cl3N4OS/c1-2-8-26-18(12-6-7-15(21)16(22)9-12)24-25-19(26)28-11-17(27)23-14-5-3-4-13(20)10-14/h2-7,9-10H,1,8,11H2,(H,23,27). The fourth-order valence-corrected chi connectivity index (χ4v) is 3.67. The summed E-state index contributed by atoms with van der Waals surface area (Å²) in [7, 11) is 0. The molecule has 0 aliphatic carbocycles. The van der Waals surface area contributed by atoms with E-state index in [0.29, 0.717) is 38.3 Å². The number of halogens is 3. The van der Waals surface area contributed by atoms with Gasteiger partial charge in [0, 0.05) is 22.8 Å². The molecular formula is C19H15Cl3N4OS. The number of nitrogens with zero attached hydrogens (tertiary/aromatic N) is 3. The Morgan fingerprint density at radius 3 is 2.68 bits per heavy atom. The zero-order chi connectivity index (χ0) is 20.1. The topological polar surface area (TPSA) is 59.8 Å². The summed E-state index contributed by atoms with van der Waals surface area (Å²) in [4.78, 5) is 12.2. The molecule has 144 valence electrons. The van der Waals surface area contributed by atoms with Gasteiger partial charge in [-0.1, -0.05) is 58.7 Å². The van der Waals surface area contributed by atoms with Crippen molar-refractivity contribution < 1.29 is 4.79 Å². The molecule has 3 aromatic rings. The van der Waals surface area contributed by atoms with Gasteiger partial charge in [0.25, 0.3) is 0 Å². The van der Waals surface area contributed by atoms with Gasteiger partial charge in [0.2, 0.25) is 5.91 Å². The minimum Gasteiger partial charge on any atom is -0.325 e. The minimum absolute atomic E-state index is 0.170. The molecule has 28 heavy (non-hydrogen) atoms. The van der Waals surface area contributed by atoms with Crippen molar-refractivity contribution in [3.05, 3.63) is 70.2 Å². The molecule has 0 radical (unpaired) electrons. The smallest absolute Gasteiger partial charge is 0.234 e. The van der Waals surface area contributed by atoms with Gasteiger partial charge in [-0.3, -0.25) is 9.36 Å². The van der Waals surface area contributed by atoms with Crippen LogP contribution in [0.2, 0.25) is 15.1 Å². The molecule has 0 spiro atoms. The lowest BCUT2D eigenvalue weighted by molar-refractivity contribution is -0.113. The fraction of sp³-hybridized carbons (Fsp3) is 0.105. The number of anilines is 1. The Morgan fingerprint density at radius 1 is 1.14 bits per heavy atom. The minimum atomic E-state index is -0.170. The van der Waals surface area contributed by atoms with E-state index in [1.807, 2.05) is 10.6 Å². The van der Waals surface area contributed by atoms with E-state index in [0.717, 1.165) is 5.56 Å². The van der Waals surface area contributed by atoms with Crippen molar-refractivity contribution in [2.24, 2.45) is 0 Å². The number of hydrogen-bond donors (Lipinski definition) is 1. The van der Waals surface area contributed by atoms with Crippen LogP contribution in [-0.4, -0.2) is 26.4 Å². The molecular weight excluding hydrogens is 439 g/mol. The summed E-state index contributed by atoms with van der Waals surface area (Å²) >= 11 is 19.3. The first-order valence-corrected chi connectivity index (χ1v) is 10.3. The van der Waals surface area contributed by atoms with Crippen molar-refractivity contribution in [2.45, 2.75) is 11.7 Å². The van der Waals surface area contributed by atoms with Crippen molar-refractivity contribution in [1.82, 2.24) is 14.8 Å². The first-order valence-electron chi connectivity index (χ1n) is 8.15. The van der Waals surface area contributed by atoms with E-state index in [4.69, 9.17) is 34.8 Å². The summed E-state index contributed by atoms with van der Waals surface area (Å²) in [6, 6.07) is 12.2. The van der Waals surface area contributed by atoms with Crippen molar-refractivity contribution in [2.75, 3.05) is 11.1 Å². The van der Waals surface area contributed by atoms with E-state index >= 15 is 0 Å². The Labute approximate surface area is 181 Å². The van der Waals surface area contributed by atoms with Crippen LogP contribution in [0.4, 0.5) is 5.69 Å². The van der Waals surface area contributed by atoms with Gasteiger partial charge in [-0.2, -0.15) is 0 Å². The molecule has 3 rings (SSSR count). The van der Waals surface area contributed by atoms with Gasteiger partial charge >= 0.3 is 0 Å². The second-order valence-corrected chi connectivity index (χ2v) is 7.87. The van der Waals surface area contributed by atoms with E-state index in [-0.39, 0.29) is 11.7 Å². The number of hydrogen-bond acceptors (Lipinski definition) is 4. The van der Waals surface area contributed by atoms with Crippen molar-refractivity contribution in [3.8, 4) is 11.4 Å². The van der Waals surface area contributed by atoms with Crippen LogP contribution in [-0.2, 0) is 11.3 Å². The van der Waals surface area contributed by atoms with Gasteiger partial charge in [0.05, 0.1) is 15.8 Å². The number of benzene rings is 2. The molecule has 0 bridgehead atoms. The van der Waals surface area contributed by atoms with Gasteiger partial charge < -0.3 is 5.32 Å².